The summed E-state index contributed by atoms with van der Waals surface area (Å²) >= 11 is 6.12. The van der Waals surface area contributed by atoms with Crippen molar-refractivity contribution >= 4 is 57.7 Å². The lowest BCUT2D eigenvalue weighted by Gasteiger charge is -2.49. The van der Waals surface area contributed by atoms with Gasteiger partial charge in [0.2, 0.25) is 29.5 Å². The number of aromatic hydroxyl groups is 1. The molecule has 3 heterocycles. The molecule has 2 saturated heterocycles. The number of phenols is 1. The van der Waals surface area contributed by atoms with E-state index in [2.05, 4.69) is 4.98 Å². The number of hydrogen-bond acceptors (Lipinski definition) is 8. The lowest BCUT2D eigenvalue weighted by Crippen LogP contribution is -2.48. The molecule has 4 amide bonds. The molecule has 4 aliphatic rings. The average Bonchev–Trinajstić information content (AvgIpc) is 3.77. The van der Waals surface area contributed by atoms with Gasteiger partial charge in [0.05, 0.1) is 46.2 Å². The van der Waals surface area contributed by atoms with Crippen LogP contribution in [-0.2, 0) is 19.2 Å². The van der Waals surface area contributed by atoms with Crippen LogP contribution >= 0.6 is 11.6 Å². The second-order valence-corrected chi connectivity index (χ2v) is 14.9. The summed E-state index contributed by atoms with van der Waals surface area (Å²) in [5.41, 5.74) is 2.62. The number of para-hydroxylation sites is 2. The Kier molecular flexibility index (Phi) is 7.79. The van der Waals surface area contributed by atoms with Gasteiger partial charge in [-0.1, -0.05) is 41.4 Å². The number of amides is 4. The largest absolute Gasteiger partial charge is 0.504 e. The number of halogens is 2. The summed E-state index contributed by atoms with van der Waals surface area (Å²) < 4.78 is 25.9. The second kappa shape index (κ2) is 12.4. The molecule has 6 unspecified atom stereocenters. The Hall–Kier alpha value is -5.81. The summed E-state index contributed by atoms with van der Waals surface area (Å²) in [6.45, 7) is 3.80. The zero-order valence-electron chi connectivity index (χ0n) is 29.2. The van der Waals surface area contributed by atoms with Gasteiger partial charge in [-0.3, -0.25) is 24.1 Å². The van der Waals surface area contributed by atoms with Gasteiger partial charge >= 0.3 is 0 Å². The van der Waals surface area contributed by atoms with Gasteiger partial charge in [-0.25, -0.2) is 14.3 Å². The molecule has 54 heavy (non-hydrogen) atoms. The number of allylic oxidation sites excluding steroid dienone is 2. The Bertz CT molecular complexity index is 2430. The van der Waals surface area contributed by atoms with E-state index in [9.17, 15) is 28.7 Å². The Morgan fingerprint density at radius 3 is 2.43 bits per heavy atom. The van der Waals surface area contributed by atoms with Crippen LogP contribution in [0.1, 0.15) is 38.2 Å². The van der Waals surface area contributed by atoms with Crippen molar-refractivity contribution in [2.75, 3.05) is 16.4 Å². The highest BCUT2D eigenvalue weighted by Gasteiger charge is 2.67. The first-order valence-electron chi connectivity index (χ1n) is 17.8. The van der Waals surface area contributed by atoms with Crippen molar-refractivity contribution < 1.29 is 37.8 Å². The monoisotopic (exact) mass is 745 g/mol. The molecule has 1 saturated carbocycles. The fourth-order valence-corrected chi connectivity index (χ4v) is 9.43. The summed E-state index contributed by atoms with van der Waals surface area (Å²) in [7, 11) is 0. The van der Waals surface area contributed by atoms with Gasteiger partial charge in [-0.15, -0.1) is 0 Å². The van der Waals surface area contributed by atoms with Crippen LogP contribution in [0.3, 0.4) is 0 Å². The van der Waals surface area contributed by atoms with E-state index in [4.69, 9.17) is 20.8 Å². The van der Waals surface area contributed by atoms with Gasteiger partial charge in [0.1, 0.15) is 11.3 Å². The molecule has 0 spiro atoms. The second-order valence-electron chi connectivity index (χ2n) is 14.5. The quantitative estimate of drug-likeness (QED) is 0.138. The SMILES string of the molecule is CCOc1cc(C2C3=CCC4C(=O)N(c5ccc(-c6nc7ccccc7o6)cc5)C(=O)C4C3CC3C(=O)N(c4ccc(F)c(Cl)c4)C(=O)C32C)ccc1O. The van der Waals surface area contributed by atoms with Gasteiger partial charge in [0, 0.05) is 11.5 Å². The van der Waals surface area contributed by atoms with Crippen molar-refractivity contribution in [1.29, 1.82) is 0 Å². The van der Waals surface area contributed by atoms with Crippen LogP contribution in [0.15, 0.2) is 101 Å². The van der Waals surface area contributed by atoms with Crippen LogP contribution in [0.2, 0.25) is 5.02 Å². The molecule has 272 valence electrons. The Morgan fingerprint density at radius 1 is 0.926 bits per heavy atom. The van der Waals surface area contributed by atoms with Crippen molar-refractivity contribution in [2.45, 2.75) is 32.6 Å². The fourth-order valence-electron chi connectivity index (χ4n) is 9.25. The molecule has 2 aliphatic heterocycles. The van der Waals surface area contributed by atoms with Crippen LogP contribution < -0.4 is 14.5 Å². The molecule has 2 aliphatic carbocycles. The predicted molar refractivity (Wildman–Crippen MR) is 197 cm³/mol. The average molecular weight is 746 g/mol. The Balaban J connectivity index is 1.11. The maximum atomic E-state index is 14.7. The van der Waals surface area contributed by atoms with Gasteiger partial charge < -0.3 is 14.3 Å². The molecule has 1 N–H and O–H groups in total. The van der Waals surface area contributed by atoms with Gasteiger partial charge in [0.15, 0.2) is 17.1 Å². The van der Waals surface area contributed by atoms with Crippen molar-refractivity contribution in [3.05, 3.63) is 113 Å². The smallest absolute Gasteiger partial charge is 0.241 e. The van der Waals surface area contributed by atoms with E-state index in [0.717, 1.165) is 16.5 Å². The molecule has 5 aromatic rings. The molecule has 10 nitrogen and oxygen atoms in total. The summed E-state index contributed by atoms with van der Waals surface area (Å²) in [6.07, 6.45) is 2.34. The first kappa shape index (κ1) is 34.0. The van der Waals surface area contributed by atoms with Crippen LogP contribution in [-0.4, -0.2) is 40.3 Å². The lowest BCUT2D eigenvalue weighted by atomic mass is 9.51. The number of nitrogens with zero attached hydrogens (tertiary/aromatic N) is 3. The molecule has 1 aromatic heterocycles. The topological polar surface area (TPSA) is 130 Å². The molecule has 6 atom stereocenters. The van der Waals surface area contributed by atoms with E-state index in [1.54, 1.807) is 50.2 Å². The highest BCUT2D eigenvalue weighted by atomic mass is 35.5. The summed E-state index contributed by atoms with van der Waals surface area (Å²) in [5.74, 6) is -5.52. The predicted octanol–water partition coefficient (Wildman–Crippen LogP) is 7.83. The zero-order chi connectivity index (χ0) is 37.6. The molecule has 0 radical (unpaired) electrons. The van der Waals surface area contributed by atoms with Crippen molar-refractivity contribution in [3.8, 4) is 23.0 Å². The Morgan fingerprint density at radius 2 is 1.69 bits per heavy atom. The number of fused-ring (bicyclic) bond motifs is 5. The van der Waals surface area contributed by atoms with Gasteiger partial charge in [-0.2, -0.15) is 0 Å². The first-order chi connectivity index (χ1) is 26.0. The molecular formula is C42H33ClFN3O7. The molecule has 9 rings (SSSR count). The summed E-state index contributed by atoms with van der Waals surface area (Å²) in [5, 5.41) is 10.4. The van der Waals surface area contributed by atoms with Crippen LogP contribution in [0.5, 0.6) is 11.5 Å². The first-order valence-corrected chi connectivity index (χ1v) is 18.2. The number of carbonyl (C=O) groups excluding carboxylic acids is 4. The minimum absolute atomic E-state index is 0.0851. The van der Waals surface area contributed by atoms with Crippen molar-refractivity contribution in [3.63, 3.8) is 0 Å². The number of hydrogen-bond donors (Lipinski definition) is 1. The number of carbonyl (C=O) groups is 4. The fraction of sp³-hybridized carbons (Fsp3) is 0.262. The van der Waals surface area contributed by atoms with Crippen LogP contribution in [0.25, 0.3) is 22.6 Å². The standard InChI is InChI=1S/C42H33ClFN3O7/c1-3-53-34-18-22(10-17-32(34)48)36-25-14-15-26-35(27(25)20-28-39(50)47(41(52)42(28,36)2)24-13-16-30(44)29(43)19-24)40(51)46(38(26)49)23-11-8-21(9-12-23)37-45-31-6-4-5-7-33(31)54-37/h4-14,16-19,26-28,35-36,48H,3,15,20H2,1-2H3. The van der Waals surface area contributed by atoms with E-state index in [-0.39, 0.29) is 53.5 Å². The van der Waals surface area contributed by atoms with E-state index < -0.39 is 52.6 Å². The number of aromatic nitrogens is 1. The molecular weight excluding hydrogens is 713 g/mol. The number of imide groups is 2. The molecule has 3 fully saturated rings. The van der Waals surface area contributed by atoms with E-state index in [1.807, 2.05) is 30.3 Å². The number of rotatable bonds is 6. The summed E-state index contributed by atoms with van der Waals surface area (Å²) in [6, 6.07) is 22.9. The van der Waals surface area contributed by atoms with E-state index >= 15 is 0 Å². The van der Waals surface area contributed by atoms with E-state index in [1.165, 1.54) is 23.1 Å². The number of benzene rings is 4. The minimum Gasteiger partial charge on any atom is -0.504 e. The lowest BCUT2D eigenvalue weighted by molar-refractivity contribution is -0.131. The highest BCUT2D eigenvalue weighted by molar-refractivity contribution is 6.32. The van der Waals surface area contributed by atoms with Gasteiger partial charge in [0.25, 0.3) is 0 Å². The molecule has 12 heteroatoms. The zero-order valence-corrected chi connectivity index (χ0v) is 29.9. The third-order valence-corrected chi connectivity index (χ3v) is 12.0. The minimum atomic E-state index is -1.35. The normalized spacial score (nSPS) is 26.2. The molecule has 0 bridgehead atoms. The maximum Gasteiger partial charge on any atom is 0.241 e. The number of phenolic OH excluding ortho intramolecular Hbond substituents is 1. The maximum absolute atomic E-state index is 14.7. The number of anilines is 2. The number of ether oxygens (including phenoxy) is 1. The van der Waals surface area contributed by atoms with Crippen molar-refractivity contribution in [2.24, 2.45) is 29.1 Å². The molecule has 4 aromatic carbocycles. The van der Waals surface area contributed by atoms with Crippen LogP contribution in [0.4, 0.5) is 15.8 Å². The van der Waals surface area contributed by atoms with Crippen LogP contribution in [0, 0.1) is 34.9 Å². The Labute approximate surface area is 313 Å². The third-order valence-electron chi connectivity index (χ3n) is 11.7. The van der Waals surface area contributed by atoms with E-state index in [0.29, 0.717) is 33.8 Å². The summed E-state index contributed by atoms with van der Waals surface area (Å²) in [4.78, 5) is 64.7. The highest BCUT2D eigenvalue weighted by Crippen LogP contribution is 2.64. The number of oxazole rings is 1. The van der Waals surface area contributed by atoms with Gasteiger partial charge in [-0.05, 0) is 105 Å². The third kappa shape index (κ3) is 4.87. The van der Waals surface area contributed by atoms with Crippen molar-refractivity contribution in [1.82, 2.24) is 4.98 Å².